The Morgan fingerprint density at radius 3 is 2.59 bits per heavy atom. The number of nitrogens with two attached hydrogens (primary N) is 1. The quantitative estimate of drug-likeness (QED) is 0.666. The van der Waals surface area contributed by atoms with Crippen molar-refractivity contribution in [1.82, 2.24) is 4.98 Å². The van der Waals surface area contributed by atoms with Crippen LogP contribution >= 0.6 is 22.9 Å². The lowest BCUT2D eigenvalue weighted by Gasteiger charge is -1.94. The van der Waals surface area contributed by atoms with Crippen molar-refractivity contribution in [2.24, 2.45) is 0 Å². The summed E-state index contributed by atoms with van der Waals surface area (Å²) in [6.45, 7) is 0. The Balaban J connectivity index is 2.14. The second-order valence-corrected chi connectivity index (χ2v) is 5.22. The van der Waals surface area contributed by atoms with Crippen molar-refractivity contribution < 1.29 is 0 Å². The molecule has 2 aromatic carbocycles. The summed E-state index contributed by atoms with van der Waals surface area (Å²) in [5.74, 6) is 0. The van der Waals surface area contributed by atoms with Crippen LogP contribution in [0.3, 0.4) is 0 Å². The summed E-state index contributed by atoms with van der Waals surface area (Å²) >= 11 is 7.50. The first-order chi connectivity index (χ1) is 8.22. The van der Waals surface area contributed by atoms with Crippen molar-refractivity contribution in [3.8, 4) is 10.6 Å². The molecule has 0 aliphatic heterocycles. The van der Waals surface area contributed by atoms with Crippen molar-refractivity contribution in [2.75, 3.05) is 5.73 Å². The first kappa shape index (κ1) is 10.6. The molecule has 2 N–H and O–H groups in total. The van der Waals surface area contributed by atoms with Crippen LogP contribution in [0.4, 0.5) is 5.69 Å². The first-order valence-corrected chi connectivity index (χ1v) is 6.34. The maximum Gasteiger partial charge on any atom is 0.124 e. The van der Waals surface area contributed by atoms with Gasteiger partial charge in [0, 0.05) is 16.3 Å². The lowest BCUT2D eigenvalue weighted by atomic mass is 10.2. The Labute approximate surface area is 108 Å². The Bertz CT molecular complexity index is 673. The largest absolute Gasteiger partial charge is 0.399 e. The van der Waals surface area contributed by atoms with E-state index >= 15 is 0 Å². The number of fused-ring (bicyclic) bond motifs is 1. The van der Waals surface area contributed by atoms with Gasteiger partial charge in [-0.05, 0) is 30.3 Å². The summed E-state index contributed by atoms with van der Waals surface area (Å²) in [5.41, 5.74) is 8.58. The molecule has 0 aliphatic carbocycles. The highest BCUT2D eigenvalue weighted by Gasteiger charge is 2.06. The van der Waals surface area contributed by atoms with Crippen LogP contribution in [0.25, 0.3) is 20.8 Å². The highest BCUT2D eigenvalue weighted by atomic mass is 35.5. The molecule has 0 spiro atoms. The molecule has 1 heterocycles. The van der Waals surface area contributed by atoms with Crippen LogP contribution < -0.4 is 5.73 Å². The minimum absolute atomic E-state index is 0.735. The summed E-state index contributed by atoms with van der Waals surface area (Å²) in [6.07, 6.45) is 0. The van der Waals surface area contributed by atoms with Crippen LogP contribution in [0.5, 0.6) is 0 Å². The topological polar surface area (TPSA) is 38.9 Å². The van der Waals surface area contributed by atoms with E-state index in [1.54, 1.807) is 11.3 Å². The number of benzene rings is 2. The number of rotatable bonds is 1. The summed E-state index contributed by atoms with van der Waals surface area (Å²) in [4.78, 5) is 4.57. The average Bonchev–Trinajstić information content (AvgIpc) is 2.72. The standard InChI is InChI=1S/C13H9ClN2S/c14-9-3-1-8(2-4-9)13-16-11-6-5-10(15)7-12(11)17-13/h1-7H,15H2. The summed E-state index contributed by atoms with van der Waals surface area (Å²) in [7, 11) is 0. The van der Waals surface area contributed by atoms with Crippen molar-refractivity contribution in [3.63, 3.8) is 0 Å². The molecule has 0 unspecified atom stereocenters. The highest BCUT2D eigenvalue weighted by Crippen LogP contribution is 2.31. The third kappa shape index (κ3) is 1.99. The van der Waals surface area contributed by atoms with Crippen molar-refractivity contribution in [3.05, 3.63) is 47.5 Å². The number of anilines is 1. The zero-order valence-electron chi connectivity index (χ0n) is 8.85. The van der Waals surface area contributed by atoms with Crippen LogP contribution in [0, 0.1) is 0 Å². The SMILES string of the molecule is Nc1ccc2nc(-c3ccc(Cl)cc3)sc2c1. The molecule has 0 bridgehead atoms. The van der Waals surface area contributed by atoms with Gasteiger partial charge in [-0.25, -0.2) is 4.98 Å². The van der Waals surface area contributed by atoms with E-state index in [1.807, 2.05) is 42.5 Å². The Morgan fingerprint density at radius 2 is 1.82 bits per heavy atom. The third-order valence-electron chi connectivity index (χ3n) is 2.50. The van der Waals surface area contributed by atoms with E-state index in [9.17, 15) is 0 Å². The van der Waals surface area contributed by atoms with Gasteiger partial charge in [-0.1, -0.05) is 23.7 Å². The van der Waals surface area contributed by atoms with E-state index in [1.165, 1.54) is 0 Å². The maximum absolute atomic E-state index is 5.87. The molecule has 0 saturated heterocycles. The Morgan fingerprint density at radius 1 is 1.06 bits per heavy atom. The first-order valence-electron chi connectivity index (χ1n) is 5.14. The molecule has 0 radical (unpaired) electrons. The van der Waals surface area contributed by atoms with Gasteiger partial charge < -0.3 is 5.73 Å². The van der Waals surface area contributed by atoms with Gasteiger partial charge in [0.2, 0.25) is 0 Å². The van der Waals surface area contributed by atoms with Gasteiger partial charge in [0.25, 0.3) is 0 Å². The highest BCUT2D eigenvalue weighted by molar-refractivity contribution is 7.21. The number of nitrogen functional groups attached to an aromatic ring is 1. The molecule has 1 aromatic heterocycles. The van der Waals surface area contributed by atoms with Gasteiger partial charge in [-0.3, -0.25) is 0 Å². The van der Waals surface area contributed by atoms with Gasteiger partial charge in [-0.2, -0.15) is 0 Å². The molecular weight excluding hydrogens is 252 g/mol. The van der Waals surface area contributed by atoms with Gasteiger partial charge in [0.05, 0.1) is 10.2 Å². The van der Waals surface area contributed by atoms with Crippen molar-refractivity contribution in [2.45, 2.75) is 0 Å². The van der Waals surface area contributed by atoms with Crippen LogP contribution in [-0.4, -0.2) is 4.98 Å². The van der Waals surface area contributed by atoms with E-state index in [-0.39, 0.29) is 0 Å². The van der Waals surface area contributed by atoms with E-state index in [2.05, 4.69) is 4.98 Å². The predicted octanol–water partition coefficient (Wildman–Crippen LogP) is 4.20. The fourth-order valence-electron chi connectivity index (χ4n) is 1.66. The maximum atomic E-state index is 5.87. The van der Waals surface area contributed by atoms with Crippen LogP contribution in [0.15, 0.2) is 42.5 Å². The van der Waals surface area contributed by atoms with E-state index < -0.39 is 0 Å². The number of halogens is 1. The fourth-order valence-corrected chi connectivity index (χ4v) is 2.80. The van der Waals surface area contributed by atoms with Gasteiger partial charge in [-0.15, -0.1) is 11.3 Å². The molecule has 2 nitrogen and oxygen atoms in total. The molecule has 3 aromatic rings. The van der Waals surface area contributed by atoms with Crippen LogP contribution in [0.1, 0.15) is 0 Å². The molecule has 0 amide bonds. The molecule has 0 fully saturated rings. The summed E-state index contributed by atoms with van der Waals surface area (Å²) in [6, 6.07) is 13.5. The monoisotopic (exact) mass is 260 g/mol. The second kappa shape index (κ2) is 4.02. The third-order valence-corrected chi connectivity index (χ3v) is 3.82. The van der Waals surface area contributed by atoms with E-state index in [0.717, 1.165) is 31.5 Å². The number of hydrogen-bond acceptors (Lipinski definition) is 3. The molecular formula is C13H9ClN2S. The van der Waals surface area contributed by atoms with Crippen molar-refractivity contribution in [1.29, 1.82) is 0 Å². The molecule has 84 valence electrons. The predicted molar refractivity (Wildman–Crippen MR) is 74.5 cm³/mol. The van der Waals surface area contributed by atoms with Gasteiger partial charge in [0.15, 0.2) is 0 Å². The second-order valence-electron chi connectivity index (χ2n) is 3.75. The Kier molecular flexibility index (Phi) is 2.50. The zero-order chi connectivity index (χ0) is 11.8. The number of aromatic nitrogens is 1. The lowest BCUT2D eigenvalue weighted by molar-refractivity contribution is 1.48. The van der Waals surface area contributed by atoms with E-state index in [0.29, 0.717) is 0 Å². The molecule has 17 heavy (non-hydrogen) atoms. The van der Waals surface area contributed by atoms with Crippen LogP contribution in [-0.2, 0) is 0 Å². The molecule has 0 atom stereocenters. The molecule has 4 heteroatoms. The average molecular weight is 261 g/mol. The normalized spacial score (nSPS) is 10.9. The number of hydrogen-bond donors (Lipinski definition) is 1. The minimum atomic E-state index is 0.735. The summed E-state index contributed by atoms with van der Waals surface area (Å²) in [5, 5.41) is 1.72. The fraction of sp³-hybridized carbons (Fsp3) is 0. The molecule has 3 rings (SSSR count). The van der Waals surface area contributed by atoms with Gasteiger partial charge in [0.1, 0.15) is 5.01 Å². The summed E-state index contributed by atoms with van der Waals surface area (Å²) < 4.78 is 1.11. The Hall–Kier alpha value is -1.58. The number of nitrogens with zero attached hydrogens (tertiary/aromatic N) is 1. The zero-order valence-corrected chi connectivity index (χ0v) is 10.4. The molecule has 0 saturated carbocycles. The smallest absolute Gasteiger partial charge is 0.124 e. The minimum Gasteiger partial charge on any atom is -0.399 e. The lowest BCUT2D eigenvalue weighted by Crippen LogP contribution is -1.81. The molecule has 0 aliphatic rings. The van der Waals surface area contributed by atoms with Crippen molar-refractivity contribution >= 4 is 38.8 Å². The number of thiazole rings is 1. The van der Waals surface area contributed by atoms with Crippen LogP contribution in [0.2, 0.25) is 5.02 Å². The van der Waals surface area contributed by atoms with Gasteiger partial charge >= 0.3 is 0 Å². The van der Waals surface area contributed by atoms with E-state index in [4.69, 9.17) is 17.3 Å².